The van der Waals surface area contributed by atoms with Gasteiger partial charge in [0, 0.05) is 38.3 Å². The second-order valence-corrected chi connectivity index (χ2v) is 7.50. The number of morpholine rings is 1. The molecule has 0 aliphatic carbocycles. The van der Waals surface area contributed by atoms with E-state index in [2.05, 4.69) is 20.2 Å². The summed E-state index contributed by atoms with van der Waals surface area (Å²) in [6, 6.07) is 3.99. The number of rotatable bonds is 5. The monoisotopic (exact) mass is 384 g/mol. The second kappa shape index (κ2) is 8.26. The summed E-state index contributed by atoms with van der Waals surface area (Å²) < 4.78 is 7.16. The van der Waals surface area contributed by atoms with Crippen molar-refractivity contribution >= 4 is 11.7 Å². The van der Waals surface area contributed by atoms with E-state index in [-0.39, 0.29) is 5.91 Å². The second-order valence-electron chi connectivity index (χ2n) is 7.50. The van der Waals surface area contributed by atoms with Crippen molar-refractivity contribution < 1.29 is 9.53 Å². The summed E-state index contributed by atoms with van der Waals surface area (Å²) in [5.41, 5.74) is 3.08. The first kappa shape index (κ1) is 18.9. The minimum Gasteiger partial charge on any atom is -0.378 e. The molecule has 2 aromatic heterocycles. The fraction of sp³-hybridized carbons (Fsp3) is 0.600. The van der Waals surface area contributed by atoms with E-state index < -0.39 is 0 Å². The Balaban J connectivity index is 1.45. The van der Waals surface area contributed by atoms with Crippen LogP contribution in [0.25, 0.3) is 5.82 Å². The van der Waals surface area contributed by atoms with E-state index in [0.29, 0.717) is 45.0 Å². The van der Waals surface area contributed by atoms with E-state index in [4.69, 9.17) is 4.74 Å². The molecule has 2 fully saturated rings. The summed E-state index contributed by atoms with van der Waals surface area (Å²) in [6.45, 7) is 8.77. The number of aryl methyl sites for hydroxylation is 1. The number of aromatic nitrogens is 4. The summed E-state index contributed by atoms with van der Waals surface area (Å²) in [7, 11) is 0. The maximum atomic E-state index is 12.5. The first-order valence-electron chi connectivity index (χ1n) is 10.1. The van der Waals surface area contributed by atoms with Crippen LogP contribution in [-0.4, -0.2) is 70.2 Å². The molecule has 2 aromatic rings. The first-order valence-corrected chi connectivity index (χ1v) is 10.1. The Morgan fingerprint density at radius 3 is 2.39 bits per heavy atom. The molecule has 0 N–H and O–H groups in total. The quantitative estimate of drug-likeness (QED) is 0.781. The van der Waals surface area contributed by atoms with Crippen LogP contribution in [0.15, 0.2) is 12.1 Å². The molecule has 8 heteroatoms. The van der Waals surface area contributed by atoms with E-state index >= 15 is 0 Å². The average Bonchev–Trinajstić information content (AvgIpc) is 3.36. The molecule has 150 valence electrons. The predicted molar refractivity (Wildman–Crippen MR) is 106 cm³/mol. The molecule has 0 aromatic carbocycles. The van der Waals surface area contributed by atoms with Gasteiger partial charge in [0.15, 0.2) is 11.6 Å². The lowest BCUT2D eigenvalue weighted by Crippen LogP contribution is -2.40. The average molecular weight is 384 g/mol. The van der Waals surface area contributed by atoms with Crippen molar-refractivity contribution in [3.63, 3.8) is 0 Å². The standard InChI is InChI=1S/C20H28N6O2/c1-15-17(5-8-20(27)25-11-13-28-14-12-25)16(2)26(23-15)19-7-6-18(21-22-19)24-9-3-4-10-24/h6-7H,3-5,8-14H2,1-2H3. The predicted octanol–water partition coefficient (Wildman–Crippen LogP) is 1.67. The zero-order valence-electron chi connectivity index (χ0n) is 16.7. The molecule has 8 nitrogen and oxygen atoms in total. The van der Waals surface area contributed by atoms with Crippen LogP contribution < -0.4 is 4.90 Å². The lowest BCUT2D eigenvalue weighted by molar-refractivity contribution is -0.135. The Labute approximate surface area is 165 Å². The molecule has 2 saturated heterocycles. The summed E-state index contributed by atoms with van der Waals surface area (Å²) >= 11 is 0. The van der Waals surface area contributed by atoms with Gasteiger partial charge in [-0.15, -0.1) is 10.2 Å². The van der Waals surface area contributed by atoms with Crippen LogP contribution in [0.3, 0.4) is 0 Å². The summed E-state index contributed by atoms with van der Waals surface area (Å²) in [6.07, 6.45) is 3.61. The Hall–Kier alpha value is -2.48. The van der Waals surface area contributed by atoms with E-state index in [1.54, 1.807) is 0 Å². The third-order valence-corrected chi connectivity index (χ3v) is 5.68. The van der Waals surface area contributed by atoms with Crippen molar-refractivity contribution in [1.82, 2.24) is 24.9 Å². The molecule has 0 atom stereocenters. The van der Waals surface area contributed by atoms with E-state index in [1.807, 2.05) is 35.6 Å². The zero-order chi connectivity index (χ0) is 19.5. The van der Waals surface area contributed by atoms with Gasteiger partial charge < -0.3 is 14.5 Å². The van der Waals surface area contributed by atoms with Crippen molar-refractivity contribution in [3.8, 4) is 5.82 Å². The molecule has 4 heterocycles. The van der Waals surface area contributed by atoms with Gasteiger partial charge in [0.1, 0.15) is 0 Å². The van der Waals surface area contributed by atoms with Crippen molar-refractivity contribution in [2.45, 2.75) is 39.5 Å². The number of amides is 1. The van der Waals surface area contributed by atoms with E-state index in [1.165, 1.54) is 12.8 Å². The smallest absolute Gasteiger partial charge is 0.223 e. The SMILES string of the molecule is Cc1nn(-c2ccc(N3CCCC3)nn2)c(C)c1CCC(=O)N1CCOCC1. The lowest BCUT2D eigenvalue weighted by Gasteiger charge is -2.26. The highest BCUT2D eigenvalue weighted by atomic mass is 16.5. The van der Waals surface area contributed by atoms with Crippen LogP contribution in [0.1, 0.15) is 36.2 Å². The molecule has 28 heavy (non-hydrogen) atoms. The normalized spacial score (nSPS) is 17.4. The number of nitrogens with zero attached hydrogens (tertiary/aromatic N) is 6. The zero-order valence-corrected chi connectivity index (χ0v) is 16.7. The van der Waals surface area contributed by atoms with Crippen LogP contribution in [0.2, 0.25) is 0 Å². The fourth-order valence-electron chi connectivity index (χ4n) is 4.01. The Morgan fingerprint density at radius 1 is 1.04 bits per heavy atom. The maximum Gasteiger partial charge on any atom is 0.223 e. The lowest BCUT2D eigenvalue weighted by atomic mass is 10.1. The van der Waals surface area contributed by atoms with Gasteiger partial charge in [-0.3, -0.25) is 4.79 Å². The minimum atomic E-state index is 0.185. The number of ether oxygens (including phenoxy) is 1. The highest BCUT2D eigenvalue weighted by molar-refractivity contribution is 5.76. The van der Waals surface area contributed by atoms with Gasteiger partial charge in [-0.25, -0.2) is 4.68 Å². The number of hydrogen-bond donors (Lipinski definition) is 0. The summed E-state index contributed by atoms with van der Waals surface area (Å²) in [4.78, 5) is 16.6. The van der Waals surface area contributed by atoms with Crippen LogP contribution in [0.5, 0.6) is 0 Å². The molecule has 1 amide bonds. The Morgan fingerprint density at radius 2 is 1.71 bits per heavy atom. The molecule has 2 aliphatic rings. The topological polar surface area (TPSA) is 76.4 Å². The third-order valence-electron chi connectivity index (χ3n) is 5.68. The molecular formula is C20H28N6O2. The number of hydrogen-bond acceptors (Lipinski definition) is 6. The van der Waals surface area contributed by atoms with E-state index in [9.17, 15) is 4.79 Å². The first-order chi connectivity index (χ1) is 13.6. The van der Waals surface area contributed by atoms with Crippen LogP contribution in [0, 0.1) is 13.8 Å². The van der Waals surface area contributed by atoms with E-state index in [0.717, 1.165) is 35.9 Å². The Bertz CT molecular complexity index is 820. The van der Waals surface area contributed by atoms with Crippen molar-refractivity contribution in [2.75, 3.05) is 44.3 Å². The highest BCUT2D eigenvalue weighted by Gasteiger charge is 2.20. The molecule has 0 radical (unpaired) electrons. The van der Waals surface area contributed by atoms with Crippen LogP contribution in [-0.2, 0) is 16.0 Å². The number of anilines is 1. The molecule has 2 aliphatic heterocycles. The number of carbonyl (C=O) groups excluding carboxylic acids is 1. The van der Waals surface area contributed by atoms with Gasteiger partial charge in [-0.1, -0.05) is 0 Å². The molecule has 0 bridgehead atoms. The fourth-order valence-corrected chi connectivity index (χ4v) is 4.01. The van der Waals surface area contributed by atoms with Crippen molar-refractivity contribution in [2.24, 2.45) is 0 Å². The van der Waals surface area contributed by atoms with Gasteiger partial charge in [-0.05, 0) is 50.8 Å². The van der Waals surface area contributed by atoms with Crippen molar-refractivity contribution in [1.29, 1.82) is 0 Å². The van der Waals surface area contributed by atoms with Crippen molar-refractivity contribution in [3.05, 3.63) is 29.1 Å². The highest BCUT2D eigenvalue weighted by Crippen LogP contribution is 2.21. The van der Waals surface area contributed by atoms with Gasteiger partial charge in [0.05, 0.1) is 18.9 Å². The summed E-state index contributed by atoms with van der Waals surface area (Å²) in [5, 5.41) is 13.4. The molecule has 0 saturated carbocycles. The summed E-state index contributed by atoms with van der Waals surface area (Å²) in [5.74, 6) is 1.83. The van der Waals surface area contributed by atoms with Gasteiger partial charge >= 0.3 is 0 Å². The molecule has 0 spiro atoms. The number of carbonyl (C=O) groups is 1. The Kier molecular flexibility index (Phi) is 5.57. The molecule has 0 unspecified atom stereocenters. The maximum absolute atomic E-state index is 12.5. The van der Waals surface area contributed by atoms with Gasteiger partial charge in [0.25, 0.3) is 0 Å². The van der Waals surface area contributed by atoms with Gasteiger partial charge in [-0.2, -0.15) is 5.10 Å². The molecular weight excluding hydrogens is 356 g/mol. The van der Waals surface area contributed by atoms with Crippen LogP contribution >= 0.6 is 0 Å². The van der Waals surface area contributed by atoms with Crippen LogP contribution in [0.4, 0.5) is 5.82 Å². The van der Waals surface area contributed by atoms with Gasteiger partial charge in [0.2, 0.25) is 5.91 Å². The largest absolute Gasteiger partial charge is 0.378 e. The minimum absolute atomic E-state index is 0.185. The third kappa shape index (κ3) is 3.87. The molecule has 4 rings (SSSR count).